The molecule has 0 saturated heterocycles. The average molecular weight is 361 g/mol. The minimum atomic E-state index is 0.210. The summed E-state index contributed by atoms with van der Waals surface area (Å²) in [5, 5.41) is 16.5. The number of hydrogen-bond donors (Lipinski definition) is 3. The lowest BCUT2D eigenvalue weighted by molar-refractivity contribution is 0.461. The minimum Gasteiger partial charge on any atom is -0.508 e. The van der Waals surface area contributed by atoms with Crippen LogP contribution in [0.3, 0.4) is 0 Å². The fraction of sp³-hybridized carbons (Fsp3) is 0.286. The Morgan fingerprint density at radius 2 is 1.85 bits per heavy atom. The highest BCUT2D eigenvalue weighted by molar-refractivity contribution is 5.67. The van der Waals surface area contributed by atoms with E-state index in [-0.39, 0.29) is 5.75 Å². The summed E-state index contributed by atoms with van der Waals surface area (Å²) in [5.74, 6) is 1.50. The second-order valence-electron chi connectivity index (χ2n) is 6.86. The normalized spacial score (nSPS) is 14.7. The van der Waals surface area contributed by atoms with E-state index in [1.807, 2.05) is 24.3 Å². The number of anilines is 3. The van der Waals surface area contributed by atoms with Crippen molar-refractivity contribution < 1.29 is 5.11 Å². The number of nitrogens with zero attached hydrogens (tertiary/aromatic N) is 3. The lowest BCUT2D eigenvalue weighted by Gasteiger charge is -2.23. The molecule has 0 atom stereocenters. The van der Waals surface area contributed by atoms with Crippen LogP contribution in [0.4, 0.5) is 17.5 Å². The molecule has 6 heteroatoms. The summed E-state index contributed by atoms with van der Waals surface area (Å²) in [5.41, 5.74) is 2.51. The van der Waals surface area contributed by atoms with Gasteiger partial charge >= 0.3 is 0 Å². The van der Waals surface area contributed by atoms with Gasteiger partial charge in [-0.2, -0.15) is 4.98 Å². The van der Waals surface area contributed by atoms with Crippen LogP contribution in [-0.4, -0.2) is 26.1 Å². The third kappa shape index (κ3) is 4.53. The molecular formula is C21H23N5O. The topological polar surface area (TPSA) is 83.0 Å². The highest BCUT2D eigenvalue weighted by Crippen LogP contribution is 2.26. The first-order chi connectivity index (χ1) is 13.3. The van der Waals surface area contributed by atoms with Crippen molar-refractivity contribution in [1.29, 1.82) is 0 Å². The first-order valence-corrected chi connectivity index (χ1v) is 9.38. The third-order valence-corrected chi connectivity index (χ3v) is 4.74. The summed E-state index contributed by atoms with van der Waals surface area (Å²) < 4.78 is 0. The van der Waals surface area contributed by atoms with Crippen molar-refractivity contribution in [2.75, 3.05) is 10.6 Å². The largest absolute Gasteiger partial charge is 0.508 e. The molecular weight excluding hydrogens is 338 g/mol. The predicted octanol–water partition coefficient (Wildman–Crippen LogP) is 4.73. The van der Waals surface area contributed by atoms with Crippen LogP contribution in [0.1, 0.15) is 32.1 Å². The van der Waals surface area contributed by atoms with Crippen LogP contribution in [0.25, 0.3) is 11.3 Å². The van der Waals surface area contributed by atoms with Gasteiger partial charge in [-0.25, -0.2) is 4.98 Å². The van der Waals surface area contributed by atoms with E-state index in [1.165, 1.54) is 19.3 Å². The number of phenols is 1. The molecule has 1 aliphatic carbocycles. The van der Waals surface area contributed by atoms with Gasteiger partial charge in [0.1, 0.15) is 11.6 Å². The molecule has 2 heterocycles. The van der Waals surface area contributed by atoms with Gasteiger partial charge in [-0.1, -0.05) is 25.3 Å². The molecule has 0 aliphatic heterocycles. The van der Waals surface area contributed by atoms with Gasteiger partial charge in [-0.15, -0.1) is 0 Å². The monoisotopic (exact) mass is 361 g/mol. The van der Waals surface area contributed by atoms with E-state index in [9.17, 15) is 5.11 Å². The molecule has 6 nitrogen and oxygen atoms in total. The second kappa shape index (κ2) is 8.03. The SMILES string of the molecule is Oc1cccc(Nc2cc(-c3cccnc3)nc(NC3CCCCC3)n2)c1. The Bertz CT molecular complexity index is 894. The molecule has 1 saturated carbocycles. The fourth-order valence-corrected chi connectivity index (χ4v) is 3.40. The Balaban J connectivity index is 1.65. The Labute approximate surface area is 158 Å². The molecule has 0 radical (unpaired) electrons. The first-order valence-electron chi connectivity index (χ1n) is 9.38. The smallest absolute Gasteiger partial charge is 0.225 e. The van der Waals surface area contributed by atoms with Gasteiger partial charge in [0.05, 0.1) is 5.69 Å². The number of nitrogens with one attached hydrogen (secondary N) is 2. The zero-order valence-electron chi connectivity index (χ0n) is 15.1. The zero-order valence-corrected chi connectivity index (χ0v) is 15.1. The Morgan fingerprint density at radius 1 is 0.963 bits per heavy atom. The molecule has 2 aromatic heterocycles. The molecule has 0 bridgehead atoms. The zero-order chi connectivity index (χ0) is 18.5. The molecule has 0 spiro atoms. The third-order valence-electron chi connectivity index (χ3n) is 4.74. The quantitative estimate of drug-likeness (QED) is 0.609. The summed E-state index contributed by atoms with van der Waals surface area (Å²) in [6.07, 6.45) is 9.63. The van der Waals surface area contributed by atoms with Crippen molar-refractivity contribution in [3.63, 3.8) is 0 Å². The number of pyridine rings is 1. The van der Waals surface area contributed by atoms with Crippen molar-refractivity contribution in [2.24, 2.45) is 0 Å². The van der Waals surface area contributed by atoms with Gasteiger partial charge in [0.25, 0.3) is 0 Å². The number of aromatic hydroxyl groups is 1. The predicted molar refractivity (Wildman–Crippen MR) is 107 cm³/mol. The highest BCUT2D eigenvalue weighted by Gasteiger charge is 2.15. The molecule has 4 rings (SSSR count). The standard InChI is InChI=1S/C21H23N5O/c27-18-10-4-9-17(12-18)23-20-13-19(15-6-5-11-22-14-15)25-21(26-20)24-16-7-2-1-3-8-16/h4-6,9-14,16,27H,1-3,7-8H2,(H2,23,24,25,26). The van der Waals surface area contributed by atoms with Crippen LogP contribution in [0.15, 0.2) is 54.9 Å². The number of aromatic nitrogens is 3. The molecule has 0 amide bonds. The highest BCUT2D eigenvalue weighted by atomic mass is 16.3. The molecule has 1 aromatic carbocycles. The molecule has 0 unspecified atom stereocenters. The van der Waals surface area contributed by atoms with Crippen LogP contribution in [-0.2, 0) is 0 Å². The van der Waals surface area contributed by atoms with Crippen molar-refractivity contribution in [3.8, 4) is 17.0 Å². The van der Waals surface area contributed by atoms with E-state index in [0.29, 0.717) is 17.8 Å². The van der Waals surface area contributed by atoms with Gasteiger partial charge in [0.15, 0.2) is 0 Å². The van der Waals surface area contributed by atoms with Crippen LogP contribution in [0.2, 0.25) is 0 Å². The van der Waals surface area contributed by atoms with E-state index in [0.717, 1.165) is 29.8 Å². The lowest BCUT2D eigenvalue weighted by atomic mass is 9.96. The van der Waals surface area contributed by atoms with E-state index < -0.39 is 0 Å². The maximum Gasteiger partial charge on any atom is 0.225 e. The first kappa shape index (κ1) is 17.3. The van der Waals surface area contributed by atoms with E-state index in [4.69, 9.17) is 4.98 Å². The molecule has 3 N–H and O–H groups in total. The number of hydrogen-bond acceptors (Lipinski definition) is 6. The minimum absolute atomic E-state index is 0.210. The van der Waals surface area contributed by atoms with E-state index in [2.05, 4.69) is 20.6 Å². The van der Waals surface area contributed by atoms with Crippen molar-refractivity contribution >= 4 is 17.5 Å². The number of rotatable bonds is 5. The second-order valence-corrected chi connectivity index (χ2v) is 6.86. The molecule has 27 heavy (non-hydrogen) atoms. The molecule has 3 aromatic rings. The van der Waals surface area contributed by atoms with Gasteiger partial charge in [0, 0.05) is 41.8 Å². The Hall–Kier alpha value is -3.15. The summed E-state index contributed by atoms with van der Waals surface area (Å²) >= 11 is 0. The molecule has 138 valence electrons. The maximum absolute atomic E-state index is 9.70. The van der Waals surface area contributed by atoms with Crippen molar-refractivity contribution in [1.82, 2.24) is 15.0 Å². The van der Waals surface area contributed by atoms with Gasteiger partial charge in [-0.05, 0) is 37.1 Å². The molecule has 1 aliphatic rings. The number of benzene rings is 1. The fourth-order valence-electron chi connectivity index (χ4n) is 3.40. The van der Waals surface area contributed by atoms with Crippen LogP contribution < -0.4 is 10.6 Å². The van der Waals surface area contributed by atoms with Crippen molar-refractivity contribution in [2.45, 2.75) is 38.1 Å². The number of phenolic OH excluding ortho intramolecular Hbond substituents is 1. The average Bonchev–Trinajstić information content (AvgIpc) is 2.69. The summed E-state index contributed by atoms with van der Waals surface area (Å²) in [6.45, 7) is 0. The summed E-state index contributed by atoms with van der Waals surface area (Å²) in [6, 6.07) is 13.2. The van der Waals surface area contributed by atoms with Gasteiger partial charge in [0.2, 0.25) is 5.95 Å². The van der Waals surface area contributed by atoms with Crippen LogP contribution >= 0.6 is 0 Å². The van der Waals surface area contributed by atoms with Crippen molar-refractivity contribution in [3.05, 3.63) is 54.9 Å². The maximum atomic E-state index is 9.70. The summed E-state index contributed by atoms with van der Waals surface area (Å²) in [4.78, 5) is 13.5. The van der Waals surface area contributed by atoms with Crippen LogP contribution in [0, 0.1) is 0 Å². The lowest BCUT2D eigenvalue weighted by Crippen LogP contribution is -2.23. The summed E-state index contributed by atoms with van der Waals surface area (Å²) in [7, 11) is 0. The van der Waals surface area contributed by atoms with Crippen LogP contribution in [0.5, 0.6) is 5.75 Å². The van der Waals surface area contributed by atoms with E-state index in [1.54, 1.807) is 30.6 Å². The van der Waals surface area contributed by atoms with Gasteiger partial charge < -0.3 is 15.7 Å². The van der Waals surface area contributed by atoms with E-state index >= 15 is 0 Å². The Kier molecular flexibility index (Phi) is 5.14. The van der Waals surface area contributed by atoms with Gasteiger partial charge in [-0.3, -0.25) is 4.98 Å². The molecule has 1 fully saturated rings. The Morgan fingerprint density at radius 3 is 2.63 bits per heavy atom.